The van der Waals surface area contributed by atoms with E-state index < -0.39 is 0 Å². The number of rotatable bonds is 5. The Morgan fingerprint density at radius 3 is 2.57 bits per heavy atom. The van der Waals surface area contributed by atoms with Gasteiger partial charge in [0.05, 0.1) is 0 Å². The number of benzene rings is 1. The van der Waals surface area contributed by atoms with E-state index in [0.717, 1.165) is 18.5 Å². The van der Waals surface area contributed by atoms with Crippen LogP contribution < -0.4 is 5.73 Å². The maximum Gasteiger partial charge on any atom is 0.00362 e. The van der Waals surface area contributed by atoms with E-state index in [1.165, 1.54) is 12.0 Å². The minimum absolute atomic E-state index is 0.443. The van der Waals surface area contributed by atoms with Crippen LogP contribution in [0.15, 0.2) is 42.6 Å². The fraction of sp³-hybridized carbons (Fsp3) is 0.385. The molecule has 1 unspecified atom stereocenters. The van der Waals surface area contributed by atoms with Gasteiger partial charge in [0.2, 0.25) is 0 Å². The van der Waals surface area contributed by atoms with Gasteiger partial charge in [-0.2, -0.15) is 0 Å². The molecule has 0 saturated carbocycles. The van der Waals surface area contributed by atoms with Gasteiger partial charge >= 0.3 is 0 Å². The lowest BCUT2D eigenvalue weighted by molar-refractivity contribution is 0.575. The first-order valence-corrected chi connectivity index (χ1v) is 5.18. The zero-order valence-corrected chi connectivity index (χ0v) is 8.87. The number of nitrogens with two attached hydrogens (primary N) is 1. The highest BCUT2D eigenvalue weighted by Crippen LogP contribution is 2.13. The van der Waals surface area contributed by atoms with Crippen LogP contribution in [0.25, 0.3) is 0 Å². The Morgan fingerprint density at radius 2 is 2.00 bits per heavy atom. The van der Waals surface area contributed by atoms with Crippen LogP contribution in [0.1, 0.15) is 25.3 Å². The topological polar surface area (TPSA) is 26.0 Å². The van der Waals surface area contributed by atoms with E-state index in [2.05, 4.69) is 37.8 Å². The highest BCUT2D eigenvalue weighted by molar-refractivity contribution is 5.14. The predicted octanol–water partition coefficient (Wildman–Crippen LogP) is 3.12. The summed E-state index contributed by atoms with van der Waals surface area (Å²) in [7, 11) is 0. The number of aryl methyl sites for hydroxylation is 1. The smallest absolute Gasteiger partial charge is 0.00362 e. The summed E-state index contributed by atoms with van der Waals surface area (Å²) in [6, 6.07) is 10.6. The highest BCUT2D eigenvalue weighted by Gasteiger charge is 2.02. The molecule has 0 aliphatic heterocycles. The molecule has 1 rings (SSSR count). The van der Waals surface area contributed by atoms with Gasteiger partial charge in [0.1, 0.15) is 0 Å². The first-order chi connectivity index (χ1) is 6.70. The van der Waals surface area contributed by atoms with Crippen molar-refractivity contribution in [3.63, 3.8) is 0 Å². The van der Waals surface area contributed by atoms with Gasteiger partial charge in [-0.1, -0.05) is 43.8 Å². The largest absolute Gasteiger partial charge is 0.402 e. The normalized spacial score (nSPS) is 12.4. The van der Waals surface area contributed by atoms with E-state index in [-0.39, 0.29) is 0 Å². The van der Waals surface area contributed by atoms with E-state index in [4.69, 9.17) is 5.73 Å². The summed E-state index contributed by atoms with van der Waals surface area (Å²) in [5.41, 5.74) is 7.83. The van der Waals surface area contributed by atoms with Crippen molar-refractivity contribution in [2.24, 2.45) is 11.7 Å². The number of hydrogen-bond acceptors (Lipinski definition) is 1. The van der Waals surface area contributed by atoms with Crippen LogP contribution in [-0.2, 0) is 6.42 Å². The number of hydrogen-bond donors (Lipinski definition) is 1. The molecule has 0 heterocycles. The fourth-order valence-corrected chi connectivity index (χ4v) is 1.44. The fourth-order valence-electron chi connectivity index (χ4n) is 1.44. The lowest BCUT2D eigenvalue weighted by Crippen LogP contribution is -2.07. The molecule has 76 valence electrons. The standard InChI is InChI=1S/C13H19N/c1-11(12(2)14)7-6-10-13-8-4-3-5-9-13/h3-5,8-9,11H,2,6-7,10,14H2,1H3. The molecule has 2 N–H and O–H groups in total. The number of allylic oxidation sites excluding steroid dienone is 1. The van der Waals surface area contributed by atoms with Crippen LogP contribution in [0.3, 0.4) is 0 Å². The molecule has 1 atom stereocenters. The van der Waals surface area contributed by atoms with Crippen molar-refractivity contribution in [1.82, 2.24) is 0 Å². The van der Waals surface area contributed by atoms with Crippen molar-refractivity contribution in [3.05, 3.63) is 48.2 Å². The molecule has 0 aliphatic carbocycles. The molecule has 14 heavy (non-hydrogen) atoms. The summed E-state index contributed by atoms with van der Waals surface area (Å²) >= 11 is 0. The van der Waals surface area contributed by atoms with Crippen LogP contribution in [0, 0.1) is 5.92 Å². The Balaban J connectivity index is 2.26. The zero-order valence-electron chi connectivity index (χ0n) is 8.87. The summed E-state index contributed by atoms with van der Waals surface area (Å²) in [5, 5.41) is 0. The van der Waals surface area contributed by atoms with Gasteiger partial charge in [-0.15, -0.1) is 0 Å². The van der Waals surface area contributed by atoms with E-state index in [1.54, 1.807) is 0 Å². The highest BCUT2D eigenvalue weighted by atomic mass is 14.6. The average molecular weight is 189 g/mol. The van der Waals surface area contributed by atoms with Crippen LogP contribution in [0.2, 0.25) is 0 Å². The molecule has 1 aromatic rings. The molecule has 1 heteroatoms. The SMILES string of the molecule is C=C(N)C(C)CCCc1ccccc1. The molecular weight excluding hydrogens is 170 g/mol. The Hall–Kier alpha value is -1.24. The summed E-state index contributed by atoms with van der Waals surface area (Å²) in [5.74, 6) is 0.443. The Kier molecular flexibility index (Phi) is 4.24. The van der Waals surface area contributed by atoms with Crippen molar-refractivity contribution in [3.8, 4) is 0 Å². The van der Waals surface area contributed by atoms with Crippen molar-refractivity contribution < 1.29 is 0 Å². The third-order valence-electron chi connectivity index (χ3n) is 2.58. The van der Waals surface area contributed by atoms with Gasteiger partial charge in [0.25, 0.3) is 0 Å². The molecule has 0 fully saturated rings. The van der Waals surface area contributed by atoms with Gasteiger partial charge in [0, 0.05) is 5.70 Å². The van der Waals surface area contributed by atoms with E-state index >= 15 is 0 Å². The molecule has 0 spiro atoms. The predicted molar refractivity (Wildman–Crippen MR) is 61.9 cm³/mol. The summed E-state index contributed by atoms with van der Waals surface area (Å²) in [4.78, 5) is 0. The molecule has 0 bridgehead atoms. The van der Waals surface area contributed by atoms with Gasteiger partial charge < -0.3 is 5.73 Å². The van der Waals surface area contributed by atoms with Crippen LogP contribution >= 0.6 is 0 Å². The van der Waals surface area contributed by atoms with Gasteiger partial charge in [-0.25, -0.2) is 0 Å². The molecule has 1 aromatic carbocycles. The lowest BCUT2D eigenvalue weighted by Gasteiger charge is -2.09. The van der Waals surface area contributed by atoms with Crippen LogP contribution in [0.4, 0.5) is 0 Å². The molecule has 0 aliphatic rings. The van der Waals surface area contributed by atoms with Crippen LogP contribution in [0.5, 0.6) is 0 Å². The van der Waals surface area contributed by atoms with E-state index in [0.29, 0.717) is 5.92 Å². The third kappa shape index (κ3) is 3.65. The molecule has 1 nitrogen and oxygen atoms in total. The van der Waals surface area contributed by atoms with E-state index in [9.17, 15) is 0 Å². The first-order valence-electron chi connectivity index (χ1n) is 5.18. The maximum atomic E-state index is 5.62. The van der Waals surface area contributed by atoms with Gasteiger partial charge in [0.15, 0.2) is 0 Å². The van der Waals surface area contributed by atoms with Crippen molar-refractivity contribution in [2.45, 2.75) is 26.2 Å². The van der Waals surface area contributed by atoms with Crippen molar-refractivity contribution in [1.29, 1.82) is 0 Å². The molecule has 0 amide bonds. The quantitative estimate of drug-likeness (QED) is 0.756. The van der Waals surface area contributed by atoms with Crippen LogP contribution in [-0.4, -0.2) is 0 Å². The molecule has 0 radical (unpaired) electrons. The average Bonchev–Trinajstić information content (AvgIpc) is 2.19. The maximum absolute atomic E-state index is 5.62. The lowest BCUT2D eigenvalue weighted by atomic mass is 9.99. The first kappa shape index (κ1) is 10.8. The second-order valence-corrected chi connectivity index (χ2v) is 3.85. The summed E-state index contributed by atoms with van der Waals surface area (Å²) in [6.07, 6.45) is 3.45. The van der Waals surface area contributed by atoms with E-state index in [1.807, 2.05) is 6.07 Å². The van der Waals surface area contributed by atoms with Gasteiger partial charge in [-0.3, -0.25) is 0 Å². The van der Waals surface area contributed by atoms with Crippen molar-refractivity contribution in [2.75, 3.05) is 0 Å². The summed E-state index contributed by atoms with van der Waals surface area (Å²) in [6.45, 7) is 5.89. The molecule has 0 saturated heterocycles. The second-order valence-electron chi connectivity index (χ2n) is 3.85. The Labute approximate surface area is 86.6 Å². The minimum Gasteiger partial charge on any atom is -0.402 e. The second kappa shape index (κ2) is 5.48. The third-order valence-corrected chi connectivity index (χ3v) is 2.58. The van der Waals surface area contributed by atoms with Gasteiger partial charge in [-0.05, 0) is 30.7 Å². The van der Waals surface area contributed by atoms with Crippen molar-refractivity contribution >= 4 is 0 Å². The summed E-state index contributed by atoms with van der Waals surface area (Å²) < 4.78 is 0. The monoisotopic (exact) mass is 189 g/mol. The Bertz CT molecular complexity index is 277. The zero-order chi connectivity index (χ0) is 10.4. The molecule has 0 aromatic heterocycles. The Morgan fingerprint density at radius 1 is 1.36 bits per heavy atom. The molecular formula is C13H19N. The minimum atomic E-state index is 0.443.